The van der Waals surface area contributed by atoms with E-state index in [1.165, 1.54) is 0 Å². The molecule has 0 radical (unpaired) electrons. The van der Waals surface area contributed by atoms with E-state index in [4.69, 9.17) is 9.47 Å². The number of benzene rings is 4. The van der Waals surface area contributed by atoms with Gasteiger partial charge in [0.15, 0.2) is 11.4 Å². The number of carbonyl (C=O) groups excluding carboxylic acids is 1. The molecule has 5 aromatic rings. The van der Waals surface area contributed by atoms with E-state index in [9.17, 15) is 9.90 Å². The van der Waals surface area contributed by atoms with E-state index >= 15 is 0 Å². The van der Waals surface area contributed by atoms with E-state index in [2.05, 4.69) is 39.8 Å². The Balaban J connectivity index is 1.16. The first-order valence-electron chi connectivity index (χ1n) is 14.6. The van der Waals surface area contributed by atoms with Gasteiger partial charge in [-0.3, -0.25) is 4.79 Å². The van der Waals surface area contributed by atoms with Gasteiger partial charge in [0, 0.05) is 36.9 Å². The Morgan fingerprint density at radius 3 is 2.41 bits per heavy atom. The van der Waals surface area contributed by atoms with E-state index in [-0.39, 0.29) is 24.7 Å². The number of nitrogens with zero attached hydrogens (tertiary/aromatic N) is 3. The minimum atomic E-state index is -0.537. The van der Waals surface area contributed by atoms with Crippen LogP contribution < -0.4 is 5.32 Å². The summed E-state index contributed by atoms with van der Waals surface area (Å²) in [5, 5.41) is 21.5. The molecule has 1 aliphatic heterocycles. The van der Waals surface area contributed by atoms with Gasteiger partial charge in [-0.15, -0.1) is 10.2 Å². The molecule has 44 heavy (non-hydrogen) atoms. The third-order valence-corrected chi connectivity index (χ3v) is 8.78. The summed E-state index contributed by atoms with van der Waals surface area (Å²) >= 11 is 1.62. The van der Waals surface area contributed by atoms with E-state index in [1.807, 2.05) is 78.3 Å². The fourth-order valence-electron chi connectivity index (χ4n) is 5.16. The van der Waals surface area contributed by atoms with Crippen LogP contribution in [-0.4, -0.2) is 37.6 Å². The minimum Gasteiger partial charge on any atom is -0.392 e. The number of ether oxygens (including phenoxy) is 2. The van der Waals surface area contributed by atoms with Crippen molar-refractivity contribution in [2.45, 2.75) is 43.2 Å². The Kier molecular flexibility index (Phi) is 9.48. The second-order valence-electron chi connectivity index (χ2n) is 10.8. The number of hydrogen-bond donors (Lipinski definition) is 2. The minimum absolute atomic E-state index is 0.00604. The molecule has 2 N–H and O–H groups in total. The fourth-order valence-corrected chi connectivity index (χ4v) is 6.07. The molecule has 3 atom stereocenters. The molecule has 1 aromatic heterocycles. The first-order chi connectivity index (χ1) is 21.6. The number of aromatic nitrogens is 3. The Morgan fingerprint density at radius 1 is 0.909 bits per heavy atom. The van der Waals surface area contributed by atoms with Crippen LogP contribution in [0.4, 0.5) is 0 Å². The molecule has 0 spiro atoms. The maximum absolute atomic E-state index is 12.5. The number of carbonyl (C=O) groups is 1. The molecule has 0 unspecified atom stereocenters. The van der Waals surface area contributed by atoms with Crippen LogP contribution in [0.25, 0.3) is 11.1 Å². The third-order valence-electron chi connectivity index (χ3n) is 7.62. The highest BCUT2D eigenvalue weighted by atomic mass is 32.2. The normalized spacial score (nSPS) is 18.2. The molecule has 6 rings (SSSR count). The molecule has 1 saturated heterocycles. The monoisotopic (exact) mass is 606 g/mol. The van der Waals surface area contributed by atoms with E-state index in [0.717, 1.165) is 38.5 Å². The van der Waals surface area contributed by atoms with Crippen LogP contribution >= 0.6 is 11.8 Å². The first-order valence-corrected chi connectivity index (χ1v) is 15.5. The van der Waals surface area contributed by atoms with Gasteiger partial charge in [-0.2, -0.15) is 0 Å². The van der Waals surface area contributed by atoms with Crippen molar-refractivity contribution in [3.63, 3.8) is 0 Å². The summed E-state index contributed by atoms with van der Waals surface area (Å²) in [5.74, 6) is 0.618. The average Bonchev–Trinajstić information content (AvgIpc) is 3.51. The lowest BCUT2D eigenvalue weighted by molar-refractivity contribution is -0.245. The third kappa shape index (κ3) is 7.26. The molecule has 4 aromatic carbocycles. The van der Waals surface area contributed by atoms with Gasteiger partial charge in [-0.25, -0.2) is 0 Å². The number of thioether (sulfide) groups is 1. The summed E-state index contributed by atoms with van der Waals surface area (Å²) < 4.78 is 14.9. The van der Waals surface area contributed by atoms with Crippen LogP contribution in [0.3, 0.4) is 0 Å². The zero-order valence-electron chi connectivity index (χ0n) is 24.4. The molecule has 0 aliphatic carbocycles. The van der Waals surface area contributed by atoms with Crippen molar-refractivity contribution >= 4 is 17.7 Å². The summed E-state index contributed by atoms with van der Waals surface area (Å²) in [6.07, 6.45) is 1.63. The number of aliphatic hydroxyl groups is 1. The van der Waals surface area contributed by atoms with Crippen LogP contribution in [0.1, 0.15) is 51.4 Å². The van der Waals surface area contributed by atoms with Crippen molar-refractivity contribution in [3.8, 4) is 11.1 Å². The zero-order chi connectivity index (χ0) is 30.3. The lowest BCUT2D eigenvalue weighted by Gasteiger charge is -2.36. The number of rotatable bonds is 10. The number of aryl methyl sites for hydroxylation is 1. The van der Waals surface area contributed by atoms with Crippen LogP contribution in [0.15, 0.2) is 115 Å². The summed E-state index contributed by atoms with van der Waals surface area (Å²) in [4.78, 5) is 12.5. The molecular formula is C35H34N4O4S. The summed E-state index contributed by atoms with van der Waals surface area (Å²) in [5.41, 5.74) is 6.64. The Labute approximate surface area is 261 Å². The predicted octanol–water partition coefficient (Wildman–Crippen LogP) is 6.24. The number of aliphatic hydroxyl groups excluding tert-OH is 1. The number of amides is 1. The highest BCUT2D eigenvalue weighted by molar-refractivity contribution is 7.99. The first kappa shape index (κ1) is 29.8. The molecule has 1 aliphatic rings. The van der Waals surface area contributed by atoms with Crippen LogP contribution in [0.5, 0.6) is 0 Å². The van der Waals surface area contributed by atoms with Crippen molar-refractivity contribution in [3.05, 3.63) is 137 Å². The summed E-state index contributed by atoms with van der Waals surface area (Å²) in [7, 11) is 1.93. The van der Waals surface area contributed by atoms with Crippen molar-refractivity contribution in [2.75, 3.05) is 5.75 Å². The molecule has 0 bridgehead atoms. The SMILES string of the molecule is Cn1cnnc1SC[C@@H]1C[C@H](c2ccc(CO)cc2)O[C@H](c2ccc(-c3cccc(CNC(=O)c4ccccc4)c3)cc2)O1. The predicted molar refractivity (Wildman–Crippen MR) is 170 cm³/mol. The van der Waals surface area contributed by atoms with Crippen molar-refractivity contribution < 1.29 is 19.4 Å². The van der Waals surface area contributed by atoms with E-state index < -0.39 is 6.29 Å². The Hall–Kier alpha value is -4.28. The standard InChI is InChI=1S/C35H34N4O4S/c1-39-23-37-38-35(39)44-22-31-19-32(27-12-10-24(21-40)11-13-27)43-34(42-31)29-16-14-26(15-17-29)30-9-5-6-25(18-30)20-36-33(41)28-7-3-2-4-8-28/h2-18,23,31-32,34,40H,19-22H2,1H3,(H,36,41)/t31-,32+,34+/m0/s1. The number of nitrogens with one attached hydrogen (secondary N) is 1. The van der Waals surface area contributed by atoms with Crippen LogP contribution in [0.2, 0.25) is 0 Å². The van der Waals surface area contributed by atoms with Crippen molar-refractivity contribution in [2.24, 2.45) is 7.05 Å². The van der Waals surface area contributed by atoms with E-state index in [1.54, 1.807) is 30.2 Å². The van der Waals surface area contributed by atoms with Crippen LogP contribution in [0, 0.1) is 0 Å². The molecule has 1 fully saturated rings. The van der Waals surface area contributed by atoms with Gasteiger partial charge in [0.25, 0.3) is 5.91 Å². The van der Waals surface area contributed by atoms with E-state index in [0.29, 0.717) is 24.3 Å². The molecule has 1 amide bonds. The lowest BCUT2D eigenvalue weighted by Crippen LogP contribution is -2.31. The Morgan fingerprint density at radius 2 is 1.68 bits per heavy atom. The van der Waals surface area contributed by atoms with Gasteiger partial charge < -0.3 is 24.5 Å². The second-order valence-corrected chi connectivity index (χ2v) is 11.7. The van der Waals surface area contributed by atoms with Gasteiger partial charge in [0.1, 0.15) is 6.33 Å². The molecule has 9 heteroatoms. The maximum Gasteiger partial charge on any atom is 0.251 e. The molecule has 0 saturated carbocycles. The van der Waals surface area contributed by atoms with Gasteiger partial charge >= 0.3 is 0 Å². The average molecular weight is 607 g/mol. The molecule has 2 heterocycles. The zero-order valence-corrected chi connectivity index (χ0v) is 25.2. The Bertz CT molecular complexity index is 1680. The number of hydrogen-bond acceptors (Lipinski definition) is 7. The summed E-state index contributed by atoms with van der Waals surface area (Å²) in [6.45, 7) is 0.448. The van der Waals surface area contributed by atoms with Gasteiger partial charge in [-0.05, 0) is 46.0 Å². The highest BCUT2D eigenvalue weighted by Gasteiger charge is 2.32. The van der Waals surface area contributed by atoms with Crippen LogP contribution in [-0.2, 0) is 29.7 Å². The van der Waals surface area contributed by atoms with Gasteiger partial charge in [-0.1, -0.05) is 96.7 Å². The smallest absolute Gasteiger partial charge is 0.251 e. The highest BCUT2D eigenvalue weighted by Crippen LogP contribution is 2.39. The van der Waals surface area contributed by atoms with Gasteiger partial charge in [0.2, 0.25) is 0 Å². The van der Waals surface area contributed by atoms with Crippen molar-refractivity contribution in [1.82, 2.24) is 20.1 Å². The molecular weight excluding hydrogens is 572 g/mol. The lowest BCUT2D eigenvalue weighted by atomic mass is 9.99. The molecule has 224 valence electrons. The quantitative estimate of drug-likeness (QED) is 0.182. The second kappa shape index (κ2) is 14.0. The topological polar surface area (TPSA) is 98.5 Å². The van der Waals surface area contributed by atoms with Crippen molar-refractivity contribution in [1.29, 1.82) is 0 Å². The maximum atomic E-state index is 12.5. The summed E-state index contributed by atoms with van der Waals surface area (Å²) in [6, 6.07) is 33.6. The molecule has 8 nitrogen and oxygen atoms in total. The van der Waals surface area contributed by atoms with Gasteiger partial charge in [0.05, 0.1) is 18.8 Å². The largest absolute Gasteiger partial charge is 0.392 e. The fraction of sp³-hybridized carbons (Fsp3) is 0.229.